The minimum Gasteiger partial charge on any atom is -0.507 e. The standard InChI is InChI=1S/C14H12N2O4S/c1-8(11-6-7-12(21-11)14(19)20)15-16-13(18)9-4-2-3-5-10(9)17/h2-7,17H,1H3,(H,16,18)(H,19,20)/b15-8-. The number of aromatic carboxylic acids is 1. The maximum absolute atomic E-state index is 11.8. The van der Waals surface area contributed by atoms with Gasteiger partial charge in [0, 0.05) is 0 Å². The van der Waals surface area contributed by atoms with Gasteiger partial charge in [-0.15, -0.1) is 11.3 Å². The highest BCUT2D eigenvalue weighted by molar-refractivity contribution is 7.15. The number of nitrogens with one attached hydrogen (secondary N) is 1. The zero-order chi connectivity index (χ0) is 15.4. The van der Waals surface area contributed by atoms with Crippen LogP contribution in [0, 0.1) is 0 Å². The third-order valence-corrected chi connectivity index (χ3v) is 3.83. The Labute approximate surface area is 124 Å². The van der Waals surface area contributed by atoms with Crippen molar-refractivity contribution in [1.29, 1.82) is 0 Å². The Kier molecular flexibility index (Phi) is 4.34. The third kappa shape index (κ3) is 3.46. The van der Waals surface area contributed by atoms with Crippen LogP contribution < -0.4 is 5.43 Å². The van der Waals surface area contributed by atoms with Gasteiger partial charge in [-0.25, -0.2) is 10.2 Å². The first-order valence-electron chi connectivity index (χ1n) is 5.95. The molecule has 3 N–H and O–H groups in total. The van der Waals surface area contributed by atoms with Gasteiger partial charge in [0.1, 0.15) is 10.6 Å². The molecule has 21 heavy (non-hydrogen) atoms. The second-order valence-electron chi connectivity index (χ2n) is 4.12. The molecule has 1 amide bonds. The first-order chi connectivity index (χ1) is 9.99. The number of hydrazone groups is 1. The molecule has 108 valence electrons. The predicted molar refractivity (Wildman–Crippen MR) is 79.1 cm³/mol. The molecule has 0 atom stereocenters. The summed E-state index contributed by atoms with van der Waals surface area (Å²) in [6.45, 7) is 1.66. The van der Waals surface area contributed by atoms with Crippen LogP contribution >= 0.6 is 11.3 Å². The number of carboxylic acid groups (broad SMARTS) is 1. The number of phenolic OH excluding ortho intramolecular Hbond substituents is 1. The van der Waals surface area contributed by atoms with Crippen LogP contribution in [0.1, 0.15) is 31.8 Å². The van der Waals surface area contributed by atoms with Crippen molar-refractivity contribution in [2.45, 2.75) is 6.92 Å². The van der Waals surface area contributed by atoms with Crippen LogP contribution in [0.5, 0.6) is 5.75 Å². The van der Waals surface area contributed by atoms with E-state index in [1.165, 1.54) is 18.2 Å². The summed E-state index contributed by atoms with van der Waals surface area (Å²) in [5, 5.41) is 22.3. The quantitative estimate of drug-likeness (QED) is 0.596. The van der Waals surface area contributed by atoms with E-state index in [4.69, 9.17) is 5.11 Å². The summed E-state index contributed by atoms with van der Waals surface area (Å²) in [6, 6.07) is 9.22. The van der Waals surface area contributed by atoms with Gasteiger partial charge in [0.15, 0.2) is 0 Å². The first kappa shape index (κ1) is 14.7. The number of nitrogens with zero attached hydrogens (tertiary/aromatic N) is 1. The lowest BCUT2D eigenvalue weighted by Gasteiger charge is -2.03. The number of hydrogen-bond donors (Lipinski definition) is 3. The molecule has 0 saturated carbocycles. The number of carbonyl (C=O) groups is 2. The average Bonchev–Trinajstić information content (AvgIpc) is 2.95. The summed E-state index contributed by atoms with van der Waals surface area (Å²) in [5.74, 6) is -1.67. The lowest BCUT2D eigenvalue weighted by molar-refractivity contribution is 0.0702. The number of carboxylic acids is 1. The molecule has 1 aromatic carbocycles. The number of benzene rings is 1. The molecule has 0 aliphatic heterocycles. The monoisotopic (exact) mass is 304 g/mol. The van der Waals surface area contributed by atoms with Crippen molar-refractivity contribution < 1.29 is 19.8 Å². The minimum atomic E-state index is -1.00. The molecule has 0 aliphatic carbocycles. The summed E-state index contributed by atoms with van der Waals surface area (Å²) < 4.78 is 0. The summed E-state index contributed by atoms with van der Waals surface area (Å²) >= 11 is 1.07. The Morgan fingerprint density at radius 1 is 1.14 bits per heavy atom. The molecule has 0 spiro atoms. The molecule has 7 heteroatoms. The Hall–Kier alpha value is -2.67. The normalized spacial score (nSPS) is 11.2. The maximum Gasteiger partial charge on any atom is 0.345 e. The maximum atomic E-state index is 11.8. The van der Waals surface area contributed by atoms with E-state index in [0.29, 0.717) is 10.6 Å². The van der Waals surface area contributed by atoms with Crippen molar-refractivity contribution in [3.63, 3.8) is 0 Å². The van der Waals surface area contributed by atoms with Gasteiger partial charge in [0.2, 0.25) is 0 Å². The second kappa shape index (κ2) is 6.19. The Morgan fingerprint density at radius 3 is 2.43 bits per heavy atom. The molecule has 6 nitrogen and oxygen atoms in total. The zero-order valence-corrected chi connectivity index (χ0v) is 11.8. The SMILES string of the molecule is C/C(=N/NC(=O)c1ccccc1O)c1ccc(C(=O)O)s1. The predicted octanol–water partition coefficient (Wildman–Crippen LogP) is 2.31. The van der Waals surface area contributed by atoms with Crippen LogP contribution in [0.2, 0.25) is 0 Å². The van der Waals surface area contributed by atoms with Gasteiger partial charge in [-0.1, -0.05) is 12.1 Å². The molecule has 1 heterocycles. The molecule has 0 unspecified atom stereocenters. The van der Waals surface area contributed by atoms with E-state index >= 15 is 0 Å². The van der Waals surface area contributed by atoms with Gasteiger partial charge in [-0.3, -0.25) is 4.79 Å². The number of carbonyl (C=O) groups excluding carboxylic acids is 1. The average molecular weight is 304 g/mol. The van der Waals surface area contributed by atoms with Crippen LogP contribution in [0.4, 0.5) is 0 Å². The third-order valence-electron chi connectivity index (χ3n) is 2.65. The van der Waals surface area contributed by atoms with E-state index in [0.717, 1.165) is 11.3 Å². The summed E-state index contributed by atoms with van der Waals surface area (Å²) in [5.41, 5.74) is 2.92. The topological polar surface area (TPSA) is 99.0 Å². The highest BCUT2D eigenvalue weighted by Gasteiger charge is 2.11. The van der Waals surface area contributed by atoms with Crippen molar-refractivity contribution in [1.82, 2.24) is 5.43 Å². The number of thiophene rings is 1. The van der Waals surface area contributed by atoms with Gasteiger partial charge in [0.05, 0.1) is 16.2 Å². The van der Waals surface area contributed by atoms with Gasteiger partial charge in [-0.2, -0.15) is 5.10 Å². The van der Waals surface area contributed by atoms with Crippen LogP contribution in [0.25, 0.3) is 0 Å². The van der Waals surface area contributed by atoms with Gasteiger partial charge in [0.25, 0.3) is 5.91 Å². The van der Waals surface area contributed by atoms with E-state index < -0.39 is 11.9 Å². The number of hydrogen-bond acceptors (Lipinski definition) is 5. The van der Waals surface area contributed by atoms with E-state index in [1.807, 2.05) is 0 Å². The molecule has 2 rings (SSSR count). The van der Waals surface area contributed by atoms with E-state index in [1.54, 1.807) is 25.1 Å². The van der Waals surface area contributed by atoms with Crippen molar-refractivity contribution in [2.24, 2.45) is 5.10 Å². The summed E-state index contributed by atoms with van der Waals surface area (Å²) in [6.07, 6.45) is 0. The van der Waals surface area contributed by atoms with Crippen molar-refractivity contribution in [3.05, 3.63) is 51.7 Å². The summed E-state index contributed by atoms with van der Waals surface area (Å²) in [7, 11) is 0. The Balaban J connectivity index is 2.11. The fourth-order valence-corrected chi connectivity index (χ4v) is 2.35. The first-order valence-corrected chi connectivity index (χ1v) is 6.77. The van der Waals surface area contributed by atoms with Crippen LogP contribution in [0.3, 0.4) is 0 Å². The van der Waals surface area contributed by atoms with Crippen molar-refractivity contribution >= 4 is 28.9 Å². The molecule has 0 fully saturated rings. The lowest BCUT2D eigenvalue weighted by atomic mass is 10.2. The number of aromatic hydroxyl groups is 1. The molecular formula is C14H12N2O4S. The zero-order valence-electron chi connectivity index (χ0n) is 11.0. The Morgan fingerprint density at radius 2 is 1.81 bits per heavy atom. The van der Waals surface area contributed by atoms with Crippen molar-refractivity contribution in [3.8, 4) is 5.75 Å². The molecule has 1 aromatic heterocycles. The molecule has 0 radical (unpaired) electrons. The fourth-order valence-electron chi connectivity index (χ4n) is 1.56. The van der Waals surface area contributed by atoms with Crippen molar-refractivity contribution in [2.75, 3.05) is 0 Å². The highest BCUT2D eigenvalue weighted by atomic mass is 32.1. The number of rotatable bonds is 4. The molecule has 2 aromatic rings. The number of amides is 1. The van der Waals surface area contributed by atoms with Crippen LogP contribution in [-0.2, 0) is 0 Å². The molecular weight excluding hydrogens is 292 g/mol. The molecule has 0 aliphatic rings. The van der Waals surface area contributed by atoms with Crippen LogP contribution in [0.15, 0.2) is 41.5 Å². The molecule has 0 saturated heterocycles. The second-order valence-corrected chi connectivity index (χ2v) is 5.21. The van der Waals surface area contributed by atoms with E-state index in [-0.39, 0.29) is 16.2 Å². The van der Waals surface area contributed by atoms with Gasteiger partial charge in [-0.05, 0) is 31.2 Å². The van der Waals surface area contributed by atoms with Gasteiger partial charge < -0.3 is 10.2 Å². The fraction of sp³-hybridized carbons (Fsp3) is 0.0714. The van der Waals surface area contributed by atoms with Crippen LogP contribution in [-0.4, -0.2) is 27.8 Å². The Bertz CT molecular complexity index is 721. The lowest BCUT2D eigenvalue weighted by Crippen LogP contribution is -2.19. The molecule has 0 bridgehead atoms. The largest absolute Gasteiger partial charge is 0.507 e. The van der Waals surface area contributed by atoms with Gasteiger partial charge >= 0.3 is 5.97 Å². The highest BCUT2D eigenvalue weighted by Crippen LogP contribution is 2.18. The minimum absolute atomic E-state index is 0.117. The number of phenols is 1. The number of para-hydroxylation sites is 1. The van der Waals surface area contributed by atoms with E-state index in [9.17, 15) is 14.7 Å². The summed E-state index contributed by atoms with van der Waals surface area (Å²) in [4.78, 5) is 23.5. The smallest absolute Gasteiger partial charge is 0.345 e. The van der Waals surface area contributed by atoms with E-state index in [2.05, 4.69) is 10.5 Å².